The van der Waals surface area contributed by atoms with Crippen LogP contribution in [0.15, 0.2) is 24.3 Å². The lowest BCUT2D eigenvalue weighted by molar-refractivity contribution is 1.13. The molecule has 0 unspecified atom stereocenters. The lowest BCUT2D eigenvalue weighted by Crippen LogP contribution is -2.08. The molecule has 70 valence electrons. The highest BCUT2D eigenvalue weighted by Gasteiger charge is 1.99. The molecular formula is C10H13NS2. The summed E-state index contributed by atoms with van der Waals surface area (Å²) in [5.74, 6) is 0. The molecule has 1 nitrogen and oxygen atoms in total. The third-order valence-electron chi connectivity index (χ3n) is 1.80. The number of anilines is 1. The fraction of sp³-hybridized carbons (Fsp3) is 0.300. The smallest absolute Gasteiger partial charge is 0.0775 e. The second-order valence-electron chi connectivity index (χ2n) is 2.93. The summed E-state index contributed by atoms with van der Waals surface area (Å²) in [6.07, 6.45) is 2.00. The van der Waals surface area contributed by atoms with Crippen LogP contribution in [0.25, 0.3) is 0 Å². The number of rotatable bonds is 2. The standard InChI is InChI=1S/C10H13NS2/c1-11(2)9-6-4-8(5-7-9)10(12)13-3/h4-7H,1-3H3. The third-order valence-corrected chi connectivity index (χ3v) is 3.15. The SMILES string of the molecule is CSC(=S)c1ccc(N(C)C)cc1. The fourth-order valence-corrected chi connectivity index (χ4v) is 1.52. The molecule has 0 aromatic heterocycles. The minimum atomic E-state index is 0.949. The van der Waals surface area contributed by atoms with Crippen LogP contribution in [0.2, 0.25) is 0 Å². The fourth-order valence-electron chi connectivity index (χ4n) is 1.01. The lowest BCUT2D eigenvalue weighted by atomic mass is 10.2. The van der Waals surface area contributed by atoms with E-state index in [1.807, 2.05) is 20.4 Å². The maximum atomic E-state index is 5.18. The van der Waals surface area contributed by atoms with Gasteiger partial charge in [-0.15, -0.1) is 11.8 Å². The van der Waals surface area contributed by atoms with Crippen molar-refractivity contribution in [2.24, 2.45) is 0 Å². The number of nitrogens with zero attached hydrogens (tertiary/aromatic N) is 1. The van der Waals surface area contributed by atoms with Crippen molar-refractivity contribution in [3.05, 3.63) is 29.8 Å². The molecule has 0 radical (unpaired) electrons. The molecule has 0 saturated carbocycles. The van der Waals surface area contributed by atoms with Crippen LogP contribution in [-0.4, -0.2) is 24.5 Å². The van der Waals surface area contributed by atoms with E-state index in [0.717, 1.165) is 9.76 Å². The molecule has 1 rings (SSSR count). The van der Waals surface area contributed by atoms with Gasteiger partial charge in [0, 0.05) is 19.8 Å². The van der Waals surface area contributed by atoms with Crippen LogP contribution in [0.3, 0.4) is 0 Å². The van der Waals surface area contributed by atoms with Gasteiger partial charge in [-0.2, -0.15) is 0 Å². The number of hydrogen-bond donors (Lipinski definition) is 0. The molecule has 0 aliphatic heterocycles. The van der Waals surface area contributed by atoms with Crippen molar-refractivity contribution in [3.8, 4) is 0 Å². The molecule has 13 heavy (non-hydrogen) atoms. The van der Waals surface area contributed by atoms with Gasteiger partial charge in [-0.25, -0.2) is 0 Å². The Hall–Kier alpha value is -0.540. The quantitative estimate of drug-likeness (QED) is 0.693. The zero-order chi connectivity index (χ0) is 9.84. The molecule has 1 aromatic carbocycles. The highest BCUT2D eigenvalue weighted by Crippen LogP contribution is 2.16. The summed E-state index contributed by atoms with van der Waals surface area (Å²) in [7, 11) is 4.06. The van der Waals surface area contributed by atoms with E-state index in [2.05, 4.69) is 29.2 Å². The monoisotopic (exact) mass is 211 g/mol. The molecule has 0 spiro atoms. The molecule has 0 heterocycles. The maximum absolute atomic E-state index is 5.18. The molecule has 0 bridgehead atoms. The lowest BCUT2D eigenvalue weighted by Gasteiger charge is -2.12. The van der Waals surface area contributed by atoms with E-state index < -0.39 is 0 Å². The summed E-state index contributed by atoms with van der Waals surface area (Å²) in [6.45, 7) is 0. The van der Waals surface area contributed by atoms with Crippen molar-refractivity contribution >= 4 is 33.9 Å². The van der Waals surface area contributed by atoms with Crippen LogP contribution in [-0.2, 0) is 0 Å². The van der Waals surface area contributed by atoms with E-state index in [-0.39, 0.29) is 0 Å². The summed E-state index contributed by atoms with van der Waals surface area (Å²) < 4.78 is 0.949. The first-order chi connectivity index (χ1) is 6.15. The Morgan fingerprint density at radius 3 is 2.15 bits per heavy atom. The first-order valence-corrected chi connectivity index (χ1v) is 5.64. The van der Waals surface area contributed by atoms with Crippen molar-refractivity contribution in [1.29, 1.82) is 0 Å². The molecule has 1 aromatic rings. The van der Waals surface area contributed by atoms with Crippen LogP contribution in [0.5, 0.6) is 0 Å². The van der Waals surface area contributed by atoms with Crippen molar-refractivity contribution in [1.82, 2.24) is 0 Å². The largest absolute Gasteiger partial charge is 0.378 e. The Bertz CT molecular complexity index is 290. The van der Waals surface area contributed by atoms with Gasteiger partial charge in [-0.05, 0) is 24.0 Å². The zero-order valence-electron chi connectivity index (χ0n) is 8.07. The van der Waals surface area contributed by atoms with Gasteiger partial charge in [0.25, 0.3) is 0 Å². The van der Waals surface area contributed by atoms with Gasteiger partial charge in [0.05, 0.1) is 4.20 Å². The first kappa shape index (κ1) is 10.5. The van der Waals surface area contributed by atoms with Gasteiger partial charge in [0.15, 0.2) is 0 Å². The predicted octanol–water partition coefficient (Wildman–Crippen LogP) is 2.79. The summed E-state index contributed by atoms with van der Waals surface area (Å²) in [5.41, 5.74) is 2.33. The summed E-state index contributed by atoms with van der Waals surface area (Å²) in [6, 6.07) is 8.29. The minimum absolute atomic E-state index is 0.949. The van der Waals surface area contributed by atoms with Crippen LogP contribution in [0.4, 0.5) is 5.69 Å². The van der Waals surface area contributed by atoms with Crippen molar-refractivity contribution < 1.29 is 0 Å². The Balaban J connectivity index is 2.87. The van der Waals surface area contributed by atoms with E-state index in [1.165, 1.54) is 5.69 Å². The number of benzene rings is 1. The summed E-state index contributed by atoms with van der Waals surface area (Å²) in [4.78, 5) is 2.08. The summed E-state index contributed by atoms with van der Waals surface area (Å²) in [5, 5.41) is 0. The van der Waals surface area contributed by atoms with Crippen LogP contribution < -0.4 is 4.90 Å². The molecule has 0 atom stereocenters. The van der Waals surface area contributed by atoms with Gasteiger partial charge >= 0.3 is 0 Å². The highest BCUT2D eigenvalue weighted by atomic mass is 32.2. The van der Waals surface area contributed by atoms with Gasteiger partial charge in [-0.1, -0.05) is 24.4 Å². The van der Waals surface area contributed by atoms with Gasteiger partial charge in [-0.3, -0.25) is 0 Å². The molecule has 0 N–H and O–H groups in total. The number of thiocarbonyl (C=S) groups is 1. The van der Waals surface area contributed by atoms with Crippen LogP contribution >= 0.6 is 24.0 Å². The second-order valence-corrected chi connectivity index (χ2v) is 4.42. The van der Waals surface area contributed by atoms with Crippen molar-refractivity contribution in [2.75, 3.05) is 25.3 Å². The van der Waals surface area contributed by atoms with E-state index in [1.54, 1.807) is 11.8 Å². The Labute approximate surface area is 89.1 Å². The highest BCUT2D eigenvalue weighted by molar-refractivity contribution is 8.23. The van der Waals surface area contributed by atoms with E-state index in [4.69, 9.17) is 12.2 Å². The minimum Gasteiger partial charge on any atom is -0.378 e. The average molecular weight is 211 g/mol. The predicted molar refractivity (Wildman–Crippen MR) is 66.0 cm³/mol. The summed E-state index contributed by atoms with van der Waals surface area (Å²) >= 11 is 6.79. The van der Waals surface area contributed by atoms with E-state index >= 15 is 0 Å². The van der Waals surface area contributed by atoms with Gasteiger partial charge in [0.2, 0.25) is 0 Å². The van der Waals surface area contributed by atoms with Crippen molar-refractivity contribution in [2.45, 2.75) is 0 Å². The van der Waals surface area contributed by atoms with Crippen LogP contribution in [0, 0.1) is 0 Å². The molecule has 0 saturated heterocycles. The maximum Gasteiger partial charge on any atom is 0.0775 e. The average Bonchev–Trinajstić information content (AvgIpc) is 2.17. The van der Waals surface area contributed by atoms with Crippen LogP contribution in [0.1, 0.15) is 5.56 Å². The van der Waals surface area contributed by atoms with Gasteiger partial charge < -0.3 is 4.90 Å². The van der Waals surface area contributed by atoms with Gasteiger partial charge in [0.1, 0.15) is 0 Å². The first-order valence-electron chi connectivity index (χ1n) is 4.01. The Morgan fingerprint density at radius 2 is 1.77 bits per heavy atom. The molecule has 0 amide bonds. The van der Waals surface area contributed by atoms with E-state index in [9.17, 15) is 0 Å². The van der Waals surface area contributed by atoms with E-state index in [0.29, 0.717) is 0 Å². The topological polar surface area (TPSA) is 3.24 Å². The van der Waals surface area contributed by atoms with Crippen molar-refractivity contribution in [3.63, 3.8) is 0 Å². The number of thioether (sulfide) groups is 1. The second kappa shape index (κ2) is 4.63. The number of hydrogen-bond acceptors (Lipinski definition) is 3. The molecule has 3 heteroatoms. The zero-order valence-corrected chi connectivity index (χ0v) is 9.71. The molecule has 0 aliphatic rings. The molecule has 0 fully saturated rings. The third kappa shape index (κ3) is 2.71. The molecular weight excluding hydrogens is 198 g/mol. The normalized spacial score (nSPS) is 9.77. The molecule has 0 aliphatic carbocycles. The Kier molecular flexibility index (Phi) is 3.75. The Morgan fingerprint density at radius 1 is 1.23 bits per heavy atom.